The quantitative estimate of drug-likeness (QED) is 0.798. The third kappa shape index (κ3) is 3.61. The molecule has 88 valence electrons. The molecule has 4 heteroatoms. The van der Waals surface area contributed by atoms with Crippen molar-refractivity contribution in [3.05, 3.63) is 22.4 Å². The van der Waals surface area contributed by atoms with Crippen LogP contribution in [-0.4, -0.2) is 17.6 Å². The fourth-order valence-corrected chi connectivity index (χ4v) is 2.33. The monoisotopic (exact) mass is 239 g/mol. The molecular weight excluding hydrogens is 222 g/mol. The first-order chi connectivity index (χ1) is 7.75. The van der Waals surface area contributed by atoms with E-state index < -0.39 is 6.10 Å². The molecule has 0 spiro atoms. The van der Waals surface area contributed by atoms with Crippen LogP contribution in [0.5, 0.6) is 0 Å². The minimum Gasteiger partial charge on any atom is -0.387 e. The van der Waals surface area contributed by atoms with Crippen molar-refractivity contribution in [3.63, 3.8) is 0 Å². The first-order valence-electron chi connectivity index (χ1n) is 5.72. The molecule has 1 unspecified atom stereocenters. The summed E-state index contributed by atoms with van der Waals surface area (Å²) in [6.07, 6.45) is 3.59. The molecule has 1 fully saturated rings. The number of nitrogens with one attached hydrogen (secondary N) is 1. The van der Waals surface area contributed by atoms with Gasteiger partial charge in [-0.05, 0) is 34.7 Å². The highest BCUT2D eigenvalue weighted by molar-refractivity contribution is 7.07. The predicted octanol–water partition coefficient (Wildman–Crippen LogP) is 2.09. The van der Waals surface area contributed by atoms with Crippen molar-refractivity contribution < 1.29 is 9.90 Å². The lowest BCUT2D eigenvalue weighted by Crippen LogP contribution is -2.28. The summed E-state index contributed by atoms with van der Waals surface area (Å²) in [6.45, 7) is 0.320. The molecule has 2 N–H and O–H groups in total. The van der Waals surface area contributed by atoms with E-state index in [-0.39, 0.29) is 5.91 Å². The normalized spacial score (nSPS) is 17.1. The van der Waals surface area contributed by atoms with Crippen LogP contribution in [0.4, 0.5) is 0 Å². The van der Waals surface area contributed by atoms with Gasteiger partial charge in [-0.2, -0.15) is 11.3 Å². The van der Waals surface area contributed by atoms with E-state index in [1.54, 1.807) is 11.3 Å². The van der Waals surface area contributed by atoms with Crippen LogP contribution in [0.25, 0.3) is 0 Å². The highest BCUT2D eigenvalue weighted by atomic mass is 32.1. The number of thiophene rings is 1. The first kappa shape index (κ1) is 11.6. The second kappa shape index (κ2) is 5.46. The molecule has 0 bridgehead atoms. The minimum atomic E-state index is -0.573. The van der Waals surface area contributed by atoms with E-state index in [4.69, 9.17) is 0 Å². The zero-order valence-electron chi connectivity index (χ0n) is 9.19. The molecule has 3 nitrogen and oxygen atoms in total. The SMILES string of the molecule is O=C(CCC1CC1)NCC(O)c1ccsc1. The standard InChI is InChI=1S/C12H17NO2S/c14-11(10-5-6-16-8-10)7-13-12(15)4-3-9-1-2-9/h5-6,8-9,11,14H,1-4,7H2,(H,13,15). The Labute approximate surface area is 99.5 Å². The van der Waals surface area contributed by atoms with Crippen molar-refractivity contribution in [1.29, 1.82) is 0 Å². The summed E-state index contributed by atoms with van der Waals surface area (Å²) < 4.78 is 0. The van der Waals surface area contributed by atoms with E-state index in [2.05, 4.69) is 5.32 Å². The summed E-state index contributed by atoms with van der Waals surface area (Å²) in [5, 5.41) is 16.3. The third-order valence-electron chi connectivity index (χ3n) is 2.90. The maximum atomic E-state index is 11.4. The number of carbonyl (C=O) groups is 1. The van der Waals surface area contributed by atoms with Crippen LogP contribution >= 0.6 is 11.3 Å². The van der Waals surface area contributed by atoms with Gasteiger partial charge in [0.2, 0.25) is 5.91 Å². The number of aliphatic hydroxyl groups is 1. The van der Waals surface area contributed by atoms with Gasteiger partial charge in [0.15, 0.2) is 0 Å². The van der Waals surface area contributed by atoms with Gasteiger partial charge in [-0.1, -0.05) is 12.8 Å². The Morgan fingerprint density at radius 2 is 2.44 bits per heavy atom. The fraction of sp³-hybridized carbons (Fsp3) is 0.583. The Morgan fingerprint density at radius 1 is 1.62 bits per heavy atom. The van der Waals surface area contributed by atoms with Crippen LogP contribution in [0.3, 0.4) is 0 Å². The lowest BCUT2D eigenvalue weighted by molar-refractivity contribution is -0.121. The molecule has 1 aliphatic rings. The highest BCUT2D eigenvalue weighted by Gasteiger charge is 2.21. The lowest BCUT2D eigenvalue weighted by atomic mass is 10.2. The number of amides is 1. The smallest absolute Gasteiger partial charge is 0.220 e. The Balaban J connectivity index is 1.64. The van der Waals surface area contributed by atoms with Gasteiger partial charge in [-0.3, -0.25) is 4.79 Å². The molecule has 0 aliphatic heterocycles. The van der Waals surface area contributed by atoms with Gasteiger partial charge in [-0.15, -0.1) is 0 Å². The lowest BCUT2D eigenvalue weighted by Gasteiger charge is -2.10. The minimum absolute atomic E-state index is 0.0566. The van der Waals surface area contributed by atoms with Crippen LogP contribution in [0.1, 0.15) is 37.4 Å². The highest BCUT2D eigenvalue weighted by Crippen LogP contribution is 2.33. The third-order valence-corrected chi connectivity index (χ3v) is 3.60. The number of hydrogen-bond donors (Lipinski definition) is 2. The van der Waals surface area contributed by atoms with Gasteiger partial charge in [0.1, 0.15) is 0 Å². The molecule has 1 saturated carbocycles. The summed E-state index contributed by atoms with van der Waals surface area (Å²) in [5.41, 5.74) is 0.882. The molecule has 1 aliphatic carbocycles. The van der Waals surface area contributed by atoms with Crippen molar-refractivity contribution in [1.82, 2.24) is 5.32 Å². The average molecular weight is 239 g/mol. The van der Waals surface area contributed by atoms with Crippen LogP contribution in [0.2, 0.25) is 0 Å². The molecule has 1 atom stereocenters. The summed E-state index contributed by atoms with van der Waals surface area (Å²) >= 11 is 1.55. The van der Waals surface area contributed by atoms with Crippen molar-refractivity contribution in [2.75, 3.05) is 6.54 Å². The van der Waals surface area contributed by atoms with Gasteiger partial charge in [0.25, 0.3) is 0 Å². The maximum Gasteiger partial charge on any atom is 0.220 e. The van der Waals surface area contributed by atoms with Gasteiger partial charge >= 0.3 is 0 Å². The second-order valence-corrected chi connectivity index (χ2v) is 5.14. The van der Waals surface area contributed by atoms with Gasteiger partial charge in [0, 0.05) is 13.0 Å². The maximum absolute atomic E-state index is 11.4. The van der Waals surface area contributed by atoms with Crippen LogP contribution in [-0.2, 0) is 4.79 Å². The topological polar surface area (TPSA) is 49.3 Å². The van der Waals surface area contributed by atoms with E-state index in [1.165, 1.54) is 12.8 Å². The second-order valence-electron chi connectivity index (χ2n) is 4.36. The zero-order chi connectivity index (χ0) is 11.4. The predicted molar refractivity (Wildman–Crippen MR) is 64.2 cm³/mol. The van der Waals surface area contributed by atoms with E-state index in [1.807, 2.05) is 16.8 Å². The molecular formula is C12H17NO2S. The summed E-state index contributed by atoms with van der Waals surface area (Å²) in [4.78, 5) is 11.4. The Kier molecular flexibility index (Phi) is 3.96. The van der Waals surface area contributed by atoms with Crippen molar-refractivity contribution in [2.24, 2.45) is 5.92 Å². The Bertz CT molecular complexity index is 333. The molecule has 1 amide bonds. The average Bonchev–Trinajstić information content (AvgIpc) is 2.95. The van der Waals surface area contributed by atoms with Gasteiger partial charge in [0.05, 0.1) is 6.10 Å². The zero-order valence-corrected chi connectivity index (χ0v) is 10.0. The summed E-state index contributed by atoms with van der Waals surface area (Å²) in [5.74, 6) is 0.841. The summed E-state index contributed by atoms with van der Waals surface area (Å²) in [7, 11) is 0. The number of carbonyl (C=O) groups excluding carboxylic acids is 1. The molecule has 1 heterocycles. The number of hydrogen-bond acceptors (Lipinski definition) is 3. The molecule has 2 rings (SSSR count). The molecule has 0 radical (unpaired) electrons. The van der Waals surface area contributed by atoms with Crippen molar-refractivity contribution in [3.8, 4) is 0 Å². The molecule has 16 heavy (non-hydrogen) atoms. The first-order valence-corrected chi connectivity index (χ1v) is 6.67. The summed E-state index contributed by atoms with van der Waals surface area (Å²) in [6, 6.07) is 1.88. The van der Waals surface area contributed by atoms with Crippen LogP contribution in [0.15, 0.2) is 16.8 Å². The molecule has 0 saturated heterocycles. The Hall–Kier alpha value is -0.870. The van der Waals surface area contributed by atoms with Crippen LogP contribution in [0, 0.1) is 5.92 Å². The van der Waals surface area contributed by atoms with E-state index in [0.717, 1.165) is 17.9 Å². The van der Waals surface area contributed by atoms with E-state index in [0.29, 0.717) is 13.0 Å². The molecule has 1 aromatic heterocycles. The number of rotatable bonds is 6. The van der Waals surface area contributed by atoms with Crippen molar-refractivity contribution >= 4 is 17.2 Å². The Morgan fingerprint density at radius 3 is 3.06 bits per heavy atom. The molecule has 1 aromatic rings. The molecule has 0 aromatic carbocycles. The van der Waals surface area contributed by atoms with Crippen LogP contribution < -0.4 is 5.32 Å². The van der Waals surface area contributed by atoms with Gasteiger partial charge in [-0.25, -0.2) is 0 Å². The number of aliphatic hydroxyl groups excluding tert-OH is 1. The van der Waals surface area contributed by atoms with E-state index in [9.17, 15) is 9.90 Å². The van der Waals surface area contributed by atoms with Gasteiger partial charge < -0.3 is 10.4 Å². The van der Waals surface area contributed by atoms with E-state index >= 15 is 0 Å². The fourth-order valence-electron chi connectivity index (χ4n) is 1.62. The largest absolute Gasteiger partial charge is 0.387 e. The van der Waals surface area contributed by atoms with Crippen molar-refractivity contribution in [2.45, 2.75) is 31.8 Å².